The molecule has 0 saturated carbocycles. The smallest absolute Gasteiger partial charge is 0.231 e. The van der Waals surface area contributed by atoms with Crippen molar-refractivity contribution < 1.29 is 4.79 Å². The second-order valence-electron chi connectivity index (χ2n) is 3.79. The molecule has 0 aliphatic carbocycles. The number of allylic oxidation sites excluding steroid dienone is 1. The molecule has 1 amide bonds. The number of amides is 1. The van der Waals surface area contributed by atoms with Gasteiger partial charge in [-0.2, -0.15) is 0 Å². The van der Waals surface area contributed by atoms with E-state index in [4.69, 9.17) is 0 Å². The minimum absolute atomic E-state index is 0.0173. The molecule has 98 valence electrons. The van der Waals surface area contributed by atoms with Gasteiger partial charge in [0.25, 0.3) is 0 Å². The van der Waals surface area contributed by atoms with Crippen LogP contribution in [-0.2, 0) is 11.2 Å². The third kappa shape index (κ3) is 5.51. The number of nitrogens with zero attached hydrogens (tertiary/aromatic N) is 1. The number of hydrogen-bond acceptors (Lipinski definition) is 4. The van der Waals surface area contributed by atoms with Gasteiger partial charge in [-0.3, -0.25) is 9.79 Å². The highest BCUT2D eigenvalue weighted by atomic mass is 32.2. The molecule has 0 aromatic carbocycles. The van der Waals surface area contributed by atoms with Crippen molar-refractivity contribution in [3.05, 3.63) is 35.0 Å². The predicted octanol–water partition coefficient (Wildman–Crippen LogP) is 3.09. The first-order valence-corrected chi connectivity index (χ1v) is 7.48. The highest BCUT2D eigenvalue weighted by molar-refractivity contribution is 8.14. The maximum Gasteiger partial charge on any atom is 0.231 e. The van der Waals surface area contributed by atoms with Crippen molar-refractivity contribution in [3.63, 3.8) is 0 Å². The van der Waals surface area contributed by atoms with Crippen molar-refractivity contribution >= 4 is 34.2 Å². The Morgan fingerprint density at radius 1 is 1.72 bits per heavy atom. The van der Waals surface area contributed by atoms with E-state index in [1.54, 1.807) is 30.1 Å². The summed E-state index contributed by atoms with van der Waals surface area (Å²) in [5.74, 6) is -0.0173. The molecule has 1 aromatic heterocycles. The standard InChI is InChI=1S/C13H18N2OS2/c1-4-6-10(2)18-13(14-3)15-12(16)9-11-7-5-8-17-11/h4-5,7-8,10H,1,6,9H2,2-3H3,(H,14,15,16). The summed E-state index contributed by atoms with van der Waals surface area (Å²) in [6.07, 6.45) is 3.18. The number of carbonyl (C=O) groups is 1. The summed E-state index contributed by atoms with van der Waals surface area (Å²) < 4.78 is 0. The van der Waals surface area contributed by atoms with E-state index in [9.17, 15) is 4.79 Å². The fourth-order valence-electron chi connectivity index (χ4n) is 1.35. The van der Waals surface area contributed by atoms with Gasteiger partial charge >= 0.3 is 0 Å². The van der Waals surface area contributed by atoms with Crippen LogP contribution >= 0.6 is 23.1 Å². The average molecular weight is 282 g/mol. The molecular weight excluding hydrogens is 264 g/mol. The Morgan fingerprint density at radius 3 is 3.06 bits per heavy atom. The first-order valence-electron chi connectivity index (χ1n) is 5.72. The van der Waals surface area contributed by atoms with Gasteiger partial charge in [-0.25, -0.2) is 0 Å². The van der Waals surface area contributed by atoms with Crippen LogP contribution in [0.25, 0.3) is 0 Å². The SMILES string of the molecule is C=CCC(C)SC(=NC)NC(=O)Cc1cccs1. The number of hydrogen-bond donors (Lipinski definition) is 1. The normalized spacial score (nSPS) is 13.1. The number of nitrogens with one attached hydrogen (secondary N) is 1. The Kier molecular flexibility index (Phi) is 6.75. The number of aliphatic imine (C=N–C) groups is 1. The van der Waals surface area contributed by atoms with Gasteiger partial charge in [-0.1, -0.05) is 30.8 Å². The second-order valence-corrected chi connectivity index (χ2v) is 6.25. The van der Waals surface area contributed by atoms with Crippen LogP contribution in [0, 0.1) is 0 Å². The summed E-state index contributed by atoms with van der Waals surface area (Å²) in [6, 6.07) is 3.91. The first-order chi connectivity index (χ1) is 8.65. The predicted molar refractivity (Wildman–Crippen MR) is 81.4 cm³/mol. The number of rotatable bonds is 5. The van der Waals surface area contributed by atoms with Crippen molar-refractivity contribution in [2.45, 2.75) is 25.0 Å². The maximum atomic E-state index is 11.8. The molecule has 3 nitrogen and oxygen atoms in total. The van der Waals surface area contributed by atoms with Crippen LogP contribution in [-0.4, -0.2) is 23.4 Å². The largest absolute Gasteiger partial charge is 0.305 e. The van der Waals surface area contributed by atoms with Crippen LogP contribution < -0.4 is 5.32 Å². The van der Waals surface area contributed by atoms with Crippen molar-refractivity contribution in [2.75, 3.05) is 7.05 Å². The molecular formula is C13H18N2OS2. The second kappa shape index (κ2) is 8.11. The lowest BCUT2D eigenvalue weighted by Gasteiger charge is -2.11. The van der Waals surface area contributed by atoms with Gasteiger partial charge in [-0.15, -0.1) is 17.9 Å². The van der Waals surface area contributed by atoms with Gasteiger partial charge in [0.15, 0.2) is 5.17 Å². The van der Waals surface area contributed by atoms with Gasteiger partial charge in [0.2, 0.25) is 5.91 Å². The zero-order chi connectivity index (χ0) is 13.4. The third-order valence-corrected chi connectivity index (χ3v) is 4.15. The van der Waals surface area contributed by atoms with E-state index in [-0.39, 0.29) is 5.91 Å². The van der Waals surface area contributed by atoms with E-state index in [2.05, 4.69) is 23.8 Å². The van der Waals surface area contributed by atoms with E-state index < -0.39 is 0 Å². The first kappa shape index (κ1) is 15.0. The number of thiophene rings is 1. The Balaban J connectivity index is 2.43. The lowest BCUT2D eigenvalue weighted by atomic mass is 10.3. The molecule has 0 spiro atoms. The number of carbonyl (C=O) groups excluding carboxylic acids is 1. The van der Waals surface area contributed by atoms with Gasteiger partial charge in [-0.05, 0) is 17.9 Å². The van der Waals surface area contributed by atoms with Crippen molar-refractivity contribution in [2.24, 2.45) is 4.99 Å². The van der Waals surface area contributed by atoms with Crippen LogP contribution in [0.4, 0.5) is 0 Å². The zero-order valence-corrected chi connectivity index (χ0v) is 12.3. The quantitative estimate of drug-likeness (QED) is 0.512. The van der Waals surface area contributed by atoms with E-state index in [0.29, 0.717) is 16.8 Å². The third-order valence-electron chi connectivity index (χ3n) is 2.18. The average Bonchev–Trinajstić information content (AvgIpc) is 2.81. The van der Waals surface area contributed by atoms with Crippen molar-refractivity contribution in [1.82, 2.24) is 5.32 Å². The molecule has 0 saturated heterocycles. The van der Waals surface area contributed by atoms with Crippen molar-refractivity contribution in [3.8, 4) is 0 Å². The molecule has 1 atom stereocenters. The van der Waals surface area contributed by atoms with Crippen LogP contribution in [0.3, 0.4) is 0 Å². The lowest BCUT2D eigenvalue weighted by Crippen LogP contribution is -2.30. The van der Waals surface area contributed by atoms with Crippen molar-refractivity contribution in [1.29, 1.82) is 0 Å². The molecule has 0 aliphatic heterocycles. The zero-order valence-electron chi connectivity index (χ0n) is 10.7. The van der Waals surface area contributed by atoms with Gasteiger partial charge in [0.1, 0.15) is 0 Å². The summed E-state index contributed by atoms with van der Waals surface area (Å²) >= 11 is 3.15. The summed E-state index contributed by atoms with van der Waals surface area (Å²) in [7, 11) is 1.69. The minimum atomic E-state index is -0.0173. The van der Waals surface area contributed by atoms with E-state index in [0.717, 1.165) is 11.3 Å². The highest BCUT2D eigenvalue weighted by Crippen LogP contribution is 2.15. The lowest BCUT2D eigenvalue weighted by molar-refractivity contribution is -0.118. The molecule has 5 heteroatoms. The summed E-state index contributed by atoms with van der Waals surface area (Å²) in [4.78, 5) is 17.0. The molecule has 1 heterocycles. The minimum Gasteiger partial charge on any atom is -0.305 e. The van der Waals surface area contributed by atoms with Crippen LogP contribution in [0.1, 0.15) is 18.2 Å². The molecule has 18 heavy (non-hydrogen) atoms. The molecule has 0 aliphatic rings. The number of amidine groups is 1. The van der Waals surface area contributed by atoms with Gasteiger partial charge in [0, 0.05) is 17.2 Å². The topological polar surface area (TPSA) is 41.5 Å². The Labute approximate surface area is 116 Å². The Morgan fingerprint density at radius 2 is 2.50 bits per heavy atom. The number of thioether (sulfide) groups is 1. The van der Waals surface area contributed by atoms with Crippen LogP contribution in [0.5, 0.6) is 0 Å². The fourth-order valence-corrected chi connectivity index (χ4v) is 2.94. The molecule has 0 fully saturated rings. The highest BCUT2D eigenvalue weighted by Gasteiger charge is 2.10. The molecule has 1 N–H and O–H groups in total. The molecule has 1 unspecified atom stereocenters. The Hall–Kier alpha value is -1.07. The summed E-state index contributed by atoms with van der Waals surface area (Å²) in [5, 5.41) is 5.85. The maximum absolute atomic E-state index is 11.8. The van der Waals surface area contributed by atoms with E-state index >= 15 is 0 Å². The summed E-state index contributed by atoms with van der Waals surface area (Å²) in [6.45, 7) is 5.79. The monoisotopic (exact) mass is 282 g/mol. The molecule has 1 aromatic rings. The van der Waals surface area contributed by atoms with E-state index in [1.807, 2.05) is 23.6 Å². The van der Waals surface area contributed by atoms with Crippen LogP contribution in [0.15, 0.2) is 35.2 Å². The molecule has 0 bridgehead atoms. The Bertz CT molecular complexity index is 413. The molecule has 1 rings (SSSR count). The van der Waals surface area contributed by atoms with Gasteiger partial charge in [0.05, 0.1) is 6.42 Å². The van der Waals surface area contributed by atoms with Crippen LogP contribution in [0.2, 0.25) is 0 Å². The fraction of sp³-hybridized carbons (Fsp3) is 0.385. The molecule has 0 radical (unpaired) electrons. The van der Waals surface area contributed by atoms with Gasteiger partial charge < -0.3 is 5.32 Å². The van der Waals surface area contributed by atoms with E-state index in [1.165, 1.54) is 0 Å². The summed E-state index contributed by atoms with van der Waals surface area (Å²) in [5.41, 5.74) is 0.